The van der Waals surface area contributed by atoms with Gasteiger partial charge in [-0.05, 0) is 81.0 Å². The van der Waals surface area contributed by atoms with Crippen molar-refractivity contribution >= 4 is 12.4 Å². The minimum Gasteiger partial charge on any atom is -0.493 e. The highest BCUT2D eigenvalue weighted by Crippen LogP contribution is 2.58. The molecule has 1 aromatic carbocycles. The lowest BCUT2D eigenvalue weighted by molar-refractivity contribution is -0.145. The molecule has 6 nitrogen and oxygen atoms in total. The quantitative estimate of drug-likeness (QED) is 0.347. The molecule has 2 aliphatic carbocycles. The first-order valence-corrected chi connectivity index (χ1v) is 16.0. The van der Waals surface area contributed by atoms with E-state index in [4.69, 9.17) is 9.47 Å². The minimum atomic E-state index is -0.487. The summed E-state index contributed by atoms with van der Waals surface area (Å²) in [6.07, 6.45) is 11.4. The zero-order valence-electron chi connectivity index (χ0n) is 25.8. The zero-order chi connectivity index (χ0) is 29.0. The van der Waals surface area contributed by atoms with Crippen LogP contribution >= 0.6 is 0 Å². The van der Waals surface area contributed by atoms with Crippen LogP contribution in [-0.2, 0) is 26.9 Å². The Hall–Kier alpha value is -2.76. The molecule has 1 saturated heterocycles. The summed E-state index contributed by atoms with van der Waals surface area (Å²) in [5, 5.41) is 0. The molecule has 6 rings (SSSR count). The van der Waals surface area contributed by atoms with Gasteiger partial charge in [-0.25, -0.2) is 0 Å². The smallest absolute Gasteiger partial charge is 0.293 e. The Morgan fingerprint density at radius 1 is 1.05 bits per heavy atom. The average molecular weight is 561 g/mol. The van der Waals surface area contributed by atoms with Crippen molar-refractivity contribution in [2.24, 2.45) is 5.92 Å². The van der Waals surface area contributed by atoms with Crippen molar-refractivity contribution in [2.45, 2.75) is 122 Å². The summed E-state index contributed by atoms with van der Waals surface area (Å²) in [6.45, 7) is 14.4. The monoisotopic (exact) mass is 560 g/mol. The maximum absolute atomic E-state index is 14.0. The van der Waals surface area contributed by atoms with Crippen LogP contribution in [-0.4, -0.2) is 47.1 Å². The molecule has 1 aromatic heterocycles. The summed E-state index contributed by atoms with van der Waals surface area (Å²) in [5.41, 5.74) is 6.65. The zero-order valence-corrected chi connectivity index (χ0v) is 25.8. The number of carbonyl (C=O) groups is 2. The normalized spacial score (nSPS) is 21.7. The number of aromatic nitrogens is 1. The molecule has 2 aliphatic heterocycles. The third kappa shape index (κ3) is 5.32. The van der Waals surface area contributed by atoms with Crippen LogP contribution in [0.4, 0.5) is 0 Å². The third-order valence-electron chi connectivity index (χ3n) is 10.6. The Bertz CT molecular complexity index is 1300. The fraction of sp³-hybridized carbons (Fsp3) is 0.657. The van der Waals surface area contributed by atoms with Crippen molar-refractivity contribution in [3.05, 3.63) is 40.6 Å². The highest BCUT2D eigenvalue weighted by molar-refractivity contribution is 5.97. The van der Waals surface area contributed by atoms with Gasteiger partial charge < -0.3 is 18.9 Å². The highest BCUT2D eigenvalue weighted by atomic mass is 16.5. The topological polar surface area (TPSA) is 60.8 Å². The number of fused-ring (bicyclic) bond motifs is 2. The number of hydrogen-bond donors (Lipinski definition) is 0. The van der Waals surface area contributed by atoms with E-state index in [0.717, 1.165) is 42.3 Å². The van der Waals surface area contributed by atoms with Gasteiger partial charge in [0.15, 0.2) is 0 Å². The first-order chi connectivity index (χ1) is 19.5. The molecule has 0 unspecified atom stereocenters. The maximum Gasteiger partial charge on any atom is 0.293 e. The van der Waals surface area contributed by atoms with Gasteiger partial charge in [-0.3, -0.25) is 9.59 Å². The van der Waals surface area contributed by atoms with Crippen LogP contribution in [0.1, 0.15) is 119 Å². The van der Waals surface area contributed by atoms with Gasteiger partial charge in [0.05, 0.1) is 12.2 Å². The first kappa shape index (κ1) is 28.4. The van der Waals surface area contributed by atoms with E-state index in [1.807, 2.05) is 11.8 Å². The highest BCUT2D eigenvalue weighted by Gasteiger charge is 2.49. The number of nitrogens with zero attached hydrogens (tertiary/aromatic N) is 2. The molecule has 41 heavy (non-hydrogen) atoms. The van der Waals surface area contributed by atoms with Gasteiger partial charge in [0.25, 0.3) is 12.4 Å². The van der Waals surface area contributed by atoms with E-state index in [-0.39, 0.29) is 16.7 Å². The van der Waals surface area contributed by atoms with Crippen molar-refractivity contribution < 1.29 is 19.1 Å². The van der Waals surface area contributed by atoms with Gasteiger partial charge in [-0.1, -0.05) is 40.0 Å². The van der Waals surface area contributed by atoms with Gasteiger partial charge in [0, 0.05) is 60.4 Å². The molecule has 1 spiro atoms. The fourth-order valence-electron chi connectivity index (χ4n) is 7.59. The lowest BCUT2D eigenvalue weighted by Crippen LogP contribution is -2.46. The molecule has 1 amide bonds. The number of hydrogen-bond acceptors (Lipinski definition) is 4. The number of benzene rings is 1. The standard InChI is InChI=1S/C35H48N2O4/c1-24-27(32(39)36-16-13-34(5,14-17-36)41-23-38)21-30(37(24)22-25-9-7-6-8-10-25)26-19-28(33(2,3)4)31-29(20-26)35(11-12-35)15-18-40-31/h19-21,23,25H,6-18,22H2,1-5H3. The third-order valence-corrected chi connectivity index (χ3v) is 10.6. The molecule has 0 atom stereocenters. The molecule has 0 N–H and O–H groups in total. The van der Waals surface area contributed by atoms with E-state index >= 15 is 0 Å². The van der Waals surface area contributed by atoms with Crippen LogP contribution in [0.3, 0.4) is 0 Å². The van der Waals surface area contributed by atoms with Crippen LogP contribution in [0.15, 0.2) is 18.2 Å². The summed E-state index contributed by atoms with van der Waals surface area (Å²) in [7, 11) is 0. The summed E-state index contributed by atoms with van der Waals surface area (Å²) in [5.74, 6) is 1.85. The lowest BCUT2D eigenvalue weighted by atomic mass is 9.79. The molecule has 3 heterocycles. The van der Waals surface area contributed by atoms with Gasteiger partial charge in [0.1, 0.15) is 11.4 Å². The Morgan fingerprint density at radius 3 is 2.39 bits per heavy atom. The minimum absolute atomic E-state index is 0.0496. The van der Waals surface area contributed by atoms with E-state index < -0.39 is 5.60 Å². The Labute approximate surface area is 245 Å². The molecular weight excluding hydrogens is 512 g/mol. The number of piperidine rings is 1. The number of amides is 1. The van der Waals surface area contributed by atoms with Crippen molar-refractivity contribution in [2.75, 3.05) is 19.7 Å². The van der Waals surface area contributed by atoms with Gasteiger partial charge >= 0.3 is 0 Å². The van der Waals surface area contributed by atoms with E-state index in [1.165, 1.54) is 61.6 Å². The van der Waals surface area contributed by atoms with E-state index in [0.29, 0.717) is 38.3 Å². The molecule has 4 aliphatic rings. The second kappa shape index (κ2) is 10.5. The average Bonchev–Trinajstić information content (AvgIpc) is 3.64. The van der Waals surface area contributed by atoms with Crippen LogP contribution in [0.25, 0.3) is 11.3 Å². The molecule has 0 bridgehead atoms. The van der Waals surface area contributed by atoms with Crippen molar-refractivity contribution in [3.8, 4) is 17.0 Å². The molecule has 222 valence electrons. The summed E-state index contributed by atoms with van der Waals surface area (Å²) in [4.78, 5) is 27.0. The van der Waals surface area contributed by atoms with Crippen molar-refractivity contribution in [1.82, 2.24) is 9.47 Å². The molecule has 2 saturated carbocycles. The molecule has 0 radical (unpaired) electrons. The predicted octanol–water partition coefficient (Wildman–Crippen LogP) is 7.32. The van der Waals surface area contributed by atoms with E-state index in [2.05, 4.69) is 50.5 Å². The van der Waals surface area contributed by atoms with Crippen LogP contribution in [0, 0.1) is 12.8 Å². The number of likely N-dealkylation sites (tertiary alicyclic amines) is 1. The van der Waals surface area contributed by atoms with E-state index in [9.17, 15) is 9.59 Å². The van der Waals surface area contributed by atoms with Gasteiger partial charge in [-0.15, -0.1) is 0 Å². The molecule has 3 fully saturated rings. The SMILES string of the molecule is Cc1c(C(=O)N2CCC(C)(OC=O)CC2)cc(-c2cc(C(C)(C)C)c3c(c2)C2(CCO3)CC2)n1CC1CCCCC1. The van der Waals surface area contributed by atoms with Gasteiger partial charge in [0.2, 0.25) is 0 Å². The summed E-state index contributed by atoms with van der Waals surface area (Å²) in [6, 6.07) is 6.93. The van der Waals surface area contributed by atoms with Crippen LogP contribution < -0.4 is 4.74 Å². The predicted molar refractivity (Wildman–Crippen MR) is 162 cm³/mol. The summed E-state index contributed by atoms with van der Waals surface area (Å²) >= 11 is 0. The largest absolute Gasteiger partial charge is 0.493 e. The van der Waals surface area contributed by atoms with Gasteiger partial charge in [-0.2, -0.15) is 0 Å². The van der Waals surface area contributed by atoms with E-state index in [1.54, 1.807) is 0 Å². The second-order valence-corrected chi connectivity index (χ2v) is 14.6. The molecular formula is C35H48N2O4. The maximum atomic E-state index is 14.0. The lowest BCUT2D eigenvalue weighted by Gasteiger charge is -2.37. The number of carbonyl (C=O) groups excluding carboxylic acids is 2. The Kier molecular flexibility index (Phi) is 7.27. The number of ether oxygens (including phenoxy) is 2. The summed E-state index contributed by atoms with van der Waals surface area (Å²) < 4.78 is 14.2. The van der Waals surface area contributed by atoms with Crippen LogP contribution in [0.2, 0.25) is 0 Å². The fourth-order valence-corrected chi connectivity index (χ4v) is 7.59. The molecule has 6 heteroatoms. The van der Waals surface area contributed by atoms with Crippen molar-refractivity contribution in [3.63, 3.8) is 0 Å². The van der Waals surface area contributed by atoms with Crippen molar-refractivity contribution in [1.29, 1.82) is 0 Å². The Balaban J connectivity index is 1.42. The second-order valence-electron chi connectivity index (χ2n) is 14.6. The first-order valence-electron chi connectivity index (χ1n) is 16.0. The van der Waals surface area contributed by atoms with Crippen LogP contribution in [0.5, 0.6) is 5.75 Å². The Morgan fingerprint density at radius 2 is 1.76 bits per heavy atom. The molecule has 2 aromatic rings. The number of rotatable bonds is 6.